The number of allylic oxidation sites excluding steroid dienone is 28. The van der Waals surface area contributed by atoms with Crippen LogP contribution in [0.25, 0.3) is 0 Å². The maximum Gasteiger partial charge on any atom is 0.306 e. The third kappa shape index (κ3) is 67.4. The maximum atomic E-state index is 12.9. The predicted molar refractivity (Wildman–Crippen MR) is 361 cm³/mol. The van der Waals surface area contributed by atoms with Gasteiger partial charge < -0.3 is 14.2 Å². The molecule has 1 unspecified atom stereocenters. The van der Waals surface area contributed by atoms with Crippen LogP contribution in [0.5, 0.6) is 0 Å². The fraction of sp³-hybridized carbons (Fsp3) is 0.597. The molecule has 0 saturated carbocycles. The Labute approximate surface area is 511 Å². The number of ether oxygens (including phenoxy) is 3. The lowest BCUT2D eigenvalue weighted by Crippen LogP contribution is -2.30. The van der Waals surface area contributed by atoms with Gasteiger partial charge >= 0.3 is 17.9 Å². The Morgan fingerprint density at radius 3 is 0.759 bits per heavy atom. The van der Waals surface area contributed by atoms with Crippen LogP contribution in [0.2, 0.25) is 0 Å². The Morgan fingerprint density at radius 1 is 0.253 bits per heavy atom. The lowest BCUT2D eigenvalue weighted by Gasteiger charge is -2.18. The van der Waals surface area contributed by atoms with Gasteiger partial charge in [0.2, 0.25) is 0 Å². The molecule has 0 spiro atoms. The summed E-state index contributed by atoms with van der Waals surface area (Å²) in [6.45, 7) is 6.37. The van der Waals surface area contributed by atoms with Gasteiger partial charge in [0, 0.05) is 19.3 Å². The summed E-state index contributed by atoms with van der Waals surface area (Å²) in [6.07, 6.45) is 102. The standard InChI is InChI=1S/C77H122O6/c1-4-7-10-13-16-19-22-25-27-29-31-33-35-37-38-40-41-43-45-47-49-52-55-58-61-64-67-70-76(79)82-73-74(72-81-75(78)69-66-63-60-57-54-51-24-21-18-15-12-9-6-3)83-77(80)71-68-65-62-59-56-53-50-48-46-44-42-39-36-34-32-30-28-26-23-20-17-14-11-8-5-2/h7-8,10-11,16-17,19-20,25-28,31-34,37-39,41-43,46-49,55,58,74H,4-6,9,12-15,18,21-24,29-30,35-36,40,44-45,50-54,56-57,59-73H2,1-3H3/b10-7-,11-8-,19-16-,20-17-,27-25-,28-26-,33-31-,34-32-,38-37-,42-39-,43-41-,48-46-,49-47-,58-55-. The van der Waals surface area contributed by atoms with Gasteiger partial charge in [-0.1, -0.05) is 294 Å². The molecule has 6 nitrogen and oxygen atoms in total. The van der Waals surface area contributed by atoms with Gasteiger partial charge in [-0.15, -0.1) is 0 Å². The van der Waals surface area contributed by atoms with Crippen LogP contribution in [0, 0.1) is 0 Å². The van der Waals surface area contributed by atoms with E-state index in [4.69, 9.17) is 14.2 Å². The van der Waals surface area contributed by atoms with Gasteiger partial charge in [-0.3, -0.25) is 14.4 Å². The molecule has 466 valence electrons. The first kappa shape index (κ1) is 77.8. The largest absolute Gasteiger partial charge is 0.462 e. The molecular formula is C77H122O6. The Morgan fingerprint density at radius 2 is 0.470 bits per heavy atom. The minimum atomic E-state index is -0.813. The summed E-state index contributed by atoms with van der Waals surface area (Å²) in [6, 6.07) is 0. The molecule has 0 aliphatic carbocycles. The Hall–Kier alpha value is -5.23. The molecule has 0 aromatic rings. The van der Waals surface area contributed by atoms with E-state index in [1.807, 2.05) is 0 Å². The van der Waals surface area contributed by atoms with Gasteiger partial charge in [0.1, 0.15) is 13.2 Å². The lowest BCUT2D eigenvalue weighted by atomic mass is 10.0. The van der Waals surface area contributed by atoms with Crippen LogP contribution in [0.4, 0.5) is 0 Å². The van der Waals surface area contributed by atoms with E-state index in [9.17, 15) is 14.4 Å². The van der Waals surface area contributed by atoms with Crippen LogP contribution in [0.15, 0.2) is 170 Å². The van der Waals surface area contributed by atoms with E-state index >= 15 is 0 Å². The van der Waals surface area contributed by atoms with Crippen LogP contribution in [-0.4, -0.2) is 37.2 Å². The highest BCUT2D eigenvalue weighted by Gasteiger charge is 2.19. The number of hydrogen-bond donors (Lipinski definition) is 0. The fourth-order valence-corrected chi connectivity index (χ4v) is 8.76. The molecule has 0 fully saturated rings. The van der Waals surface area contributed by atoms with Crippen molar-refractivity contribution in [1.82, 2.24) is 0 Å². The molecule has 0 aromatic heterocycles. The number of hydrogen-bond acceptors (Lipinski definition) is 6. The van der Waals surface area contributed by atoms with Crippen molar-refractivity contribution < 1.29 is 28.6 Å². The van der Waals surface area contributed by atoms with Gasteiger partial charge in [-0.2, -0.15) is 0 Å². The Balaban J connectivity index is 4.48. The second kappa shape index (κ2) is 69.3. The number of unbranched alkanes of at least 4 members (excludes halogenated alkanes) is 20. The Kier molecular flexibility index (Phi) is 64.9. The van der Waals surface area contributed by atoms with E-state index in [1.54, 1.807) is 0 Å². The molecule has 0 bridgehead atoms. The van der Waals surface area contributed by atoms with E-state index in [0.29, 0.717) is 25.7 Å². The number of carbonyl (C=O) groups is 3. The van der Waals surface area contributed by atoms with Gasteiger partial charge in [0.05, 0.1) is 0 Å². The topological polar surface area (TPSA) is 78.9 Å². The molecule has 0 aromatic carbocycles. The molecule has 6 heteroatoms. The van der Waals surface area contributed by atoms with Gasteiger partial charge in [0.15, 0.2) is 6.10 Å². The van der Waals surface area contributed by atoms with Crippen molar-refractivity contribution >= 4 is 17.9 Å². The highest BCUT2D eigenvalue weighted by atomic mass is 16.6. The first-order chi connectivity index (χ1) is 41.0. The summed E-state index contributed by atoms with van der Waals surface area (Å²) in [5, 5.41) is 0. The maximum absolute atomic E-state index is 12.9. The quantitative estimate of drug-likeness (QED) is 0.0261. The molecule has 0 saturated heterocycles. The third-order valence-corrected chi connectivity index (χ3v) is 13.7. The number of carbonyl (C=O) groups excluding carboxylic acids is 3. The highest BCUT2D eigenvalue weighted by molar-refractivity contribution is 5.71. The lowest BCUT2D eigenvalue weighted by molar-refractivity contribution is -0.167. The van der Waals surface area contributed by atoms with Crippen LogP contribution in [0.3, 0.4) is 0 Å². The normalized spacial score (nSPS) is 13.2. The average molecular weight is 1140 g/mol. The van der Waals surface area contributed by atoms with Crippen molar-refractivity contribution in [2.24, 2.45) is 0 Å². The summed E-state index contributed by atoms with van der Waals surface area (Å²) >= 11 is 0. The monoisotopic (exact) mass is 1140 g/mol. The van der Waals surface area contributed by atoms with Crippen molar-refractivity contribution in [1.29, 1.82) is 0 Å². The minimum absolute atomic E-state index is 0.103. The van der Waals surface area contributed by atoms with E-state index in [2.05, 4.69) is 191 Å². The van der Waals surface area contributed by atoms with Gasteiger partial charge in [-0.25, -0.2) is 0 Å². The molecule has 83 heavy (non-hydrogen) atoms. The summed E-state index contributed by atoms with van der Waals surface area (Å²) in [4.78, 5) is 38.4. The van der Waals surface area contributed by atoms with Crippen LogP contribution < -0.4 is 0 Å². The minimum Gasteiger partial charge on any atom is -0.462 e. The predicted octanol–water partition coefficient (Wildman–Crippen LogP) is 23.4. The van der Waals surface area contributed by atoms with Crippen molar-refractivity contribution in [3.63, 3.8) is 0 Å². The van der Waals surface area contributed by atoms with E-state index in [0.717, 1.165) is 154 Å². The molecular weight excluding hydrogens is 1020 g/mol. The smallest absolute Gasteiger partial charge is 0.306 e. The summed E-state index contributed by atoms with van der Waals surface area (Å²) < 4.78 is 16.9. The summed E-state index contributed by atoms with van der Waals surface area (Å²) in [5.41, 5.74) is 0. The van der Waals surface area contributed by atoms with Crippen molar-refractivity contribution in [2.45, 2.75) is 284 Å². The second-order valence-corrected chi connectivity index (χ2v) is 21.6. The van der Waals surface area contributed by atoms with Crippen LogP contribution in [-0.2, 0) is 28.6 Å². The Bertz CT molecular complexity index is 1890. The zero-order valence-electron chi connectivity index (χ0n) is 53.4. The fourth-order valence-electron chi connectivity index (χ4n) is 8.76. The molecule has 0 amide bonds. The summed E-state index contributed by atoms with van der Waals surface area (Å²) in [5.74, 6) is -0.965. The first-order valence-corrected chi connectivity index (χ1v) is 33.6. The van der Waals surface area contributed by atoms with Gasteiger partial charge in [-0.05, 0) is 135 Å². The second-order valence-electron chi connectivity index (χ2n) is 21.6. The molecule has 0 N–H and O–H groups in total. The molecule has 0 aliphatic heterocycles. The first-order valence-electron chi connectivity index (χ1n) is 33.6. The van der Waals surface area contributed by atoms with Crippen molar-refractivity contribution in [2.75, 3.05) is 13.2 Å². The van der Waals surface area contributed by atoms with Gasteiger partial charge in [0.25, 0.3) is 0 Å². The highest BCUT2D eigenvalue weighted by Crippen LogP contribution is 2.15. The third-order valence-electron chi connectivity index (χ3n) is 13.7. The van der Waals surface area contributed by atoms with Crippen LogP contribution >= 0.6 is 0 Å². The number of esters is 3. The van der Waals surface area contributed by atoms with Crippen molar-refractivity contribution in [3.05, 3.63) is 170 Å². The van der Waals surface area contributed by atoms with E-state index < -0.39 is 6.10 Å². The molecule has 0 rings (SSSR count). The molecule has 0 heterocycles. The number of rotatable bonds is 59. The van der Waals surface area contributed by atoms with E-state index in [-0.39, 0.29) is 31.1 Å². The van der Waals surface area contributed by atoms with Crippen molar-refractivity contribution in [3.8, 4) is 0 Å². The summed E-state index contributed by atoms with van der Waals surface area (Å²) in [7, 11) is 0. The molecule has 0 aliphatic rings. The SMILES string of the molecule is CC/C=C\C/C=C\C/C=C\C/C=C\C/C=C\C/C=C\C/C=C\C/C=C\CCCCC(=O)OCC(COC(=O)CCCCCCCCCCCCCCC)OC(=O)CCCCCCCC/C=C\C/C=C\C/C=C\C/C=C\C/C=C\C/C=C\CC. The zero-order chi connectivity index (χ0) is 59.9. The van der Waals surface area contributed by atoms with Crippen LogP contribution in [0.1, 0.15) is 278 Å². The van der Waals surface area contributed by atoms with E-state index in [1.165, 1.54) is 77.0 Å². The zero-order valence-corrected chi connectivity index (χ0v) is 53.4. The molecule has 1 atom stereocenters. The average Bonchev–Trinajstić information content (AvgIpc) is 3.49. The molecule has 0 radical (unpaired) electrons.